The lowest BCUT2D eigenvalue weighted by atomic mass is 9.70. The summed E-state index contributed by atoms with van der Waals surface area (Å²) >= 11 is 0. The molecular formula is C16H23NO3. The molecule has 1 aromatic carbocycles. The molecule has 1 aromatic rings. The van der Waals surface area contributed by atoms with Crippen LogP contribution in [0.4, 0.5) is 0 Å². The highest BCUT2D eigenvalue weighted by Gasteiger charge is 2.36. The maximum absolute atomic E-state index is 9.74. The fourth-order valence-electron chi connectivity index (χ4n) is 2.44. The molecule has 0 bridgehead atoms. The summed E-state index contributed by atoms with van der Waals surface area (Å²) in [4.78, 5) is 0. The zero-order valence-electron chi connectivity index (χ0n) is 12.6. The van der Waals surface area contributed by atoms with E-state index in [0.29, 0.717) is 24.3 Å². The van der Waals surface area contributed by atoms with Crippen molar-refractivity contribution in [3.05, 3.63) is 23.8 Å². The number of hydrogen-bond donors (Lipinski definition) is 1. The molecule has 0 heterocycles. The van der Waals surface area contributed by atoms with Crippen molar-refractivity contribution in [3.8, 4) is 17.6 Å². The van der Waals surface area contributed by atoms with E-state index in [1.807, 2.05) is 26.0 Å². The average molecular weight is 277 g/mol. The predicted molar refractivity (Wildman–Crippen MR) is 78.0 cm³/mol. The summed E-state index contributed by atoms with van der Waals surface area (Å²) in [5.41, 5.74) is 0.226. The first-order valence-corrected chi connectivity index (χ1v) is 6.79. The number of aliphatic hydroxyl groups excluding tert-OH is 1. The van der Waals surface area contributed by atoms with Gasteiger partial charge in [-0.1, -0.05) is 13.8 Å². The van der Waals surface area contributed by atoms with Crippen LogP contribution in [0.15, 0.2) is 18.2 Å². The minimum atomic E-state index is -0.648. The van der Waals surface area contributed by atoms with Crippen molar-refractivity contribution in [2.45, 2.75) is 32.1 Å². The minimum absolute atomic E-state index is 0.0806. The molecule has 110 valence electrons. The number of hydrogen-bond acceptors (Lipinski definition) is 4. The summed E-state index contributed by atoms with van der Waals surface area (Å²) < 4.78 is 10.6. The van der Waals surface area contributed by atoms with Gasteiger partial charge in [-0.3, -0.25) is 0 Å². The van der Waals surface area contributed by atoms with Crippen LogP contribution >= 0.6 is 0 Å². The Balaban J connectivity index is 3.36. The van der Waals surface area contributed by atoms with Crippen molar-refractivity contribution in [1.82, 2.24) is 0 Å². The molecule has 0 saturated carbocycles. The first-order chi connectivity index (χ1) is 9.53. The van der Waals surface area contributed by atoms with Crippen LogP contribution in [0.25, 0.3) is 0 Å². The molecule has 0 spiro atoms. The normalized spacial score (nSPS) is 13.7. The molecule has 0 aliphatic rings. The molecule has 0 radical (unpaired) electrons. The van der Waals surface area contributed by atoms with Crippen molar-refractivity contribution in [2.24, 2.45) is 5.92 Å². The third-order valence-electron chi connectivity index (χ3n) is 3.78. The number of nitrogens with zero attached hydrogens (tertiary/aromatic N) is 1. The first-order valence-electron chi connectivity index (χ1n) is 6.79. The van der Waals surface area contributed by atoms with Crippen LogP contribution in [-0.2, 0) is 5.41 Å². The second-order valence-corrected chi connectivity index (χ2v) is 5.17. The van der Waals surface area contributed by atoms with Crippen molar-refractivity contribution in [1.29, 1.82) is 5.26 Å². The monoisotopic (exact) mass is 277 g/mol. The molecule has 0 fully saturated rings. The molecule has 1 atom stereocenters. The number of methoxy groups -OCH3 is 2. The lowest BCUT2D eigenvalue weighted by Gasteiger charge is -2.31. The van der Waals surface area contributed by atoms with Crippen LogP contribution < -0.4 is 9.47 Å². The lowest BCUT2D eigenvalue weighted by Crippen LogP contribution is -2.31. The second-order valence-electron chi connectivity index (χ2n) is 5.17. The largest absolute Gasteiger partial charge is 0.497 e. The van der Waals surface area contributed by atoms with Crippen LogP contribution in [0.2, 0.25) is 0 Å². The van der Waals surface area contributed by atoms with Crippen LogP contribution in [-0.4, -0.2) is 25.9 Å². The smallest absolute Gasteiger partial charge is 0.122 e. The quantitative estimate of drug-likeness (QED) is 0.832. The Labute approximate surface area is 120 Å². The number of nitriles is 1. The lowest BCUT2D eigenvalue weighted by molar-refractivity contribution is 0.256. The summed E-state index contributed by atoms with van der Waals surface area (Å²) in [6.07, 6.45) is 1.19. The fraction of sp³-hybridized carbons (Fsp3) is 0.562. The van der Waals surface area contributed by atoms with Gasteiger partial charge < -0.3 is 14.6 Å². The topological polar surface area (TPSA) is 62.5 Å². The summed E-state index contributed by atoms with van der Waals surface area (Å²) in [6, 6.07) is 7.99. The molecular weight excluding hydrogens is 254 g/mol. The Bertz CT molecular complexity index is 457. The van der Waals surface area contributed by atoms with E-state index in [9.17, 15) is 5.26 Å². The number of aliphatic hydroxyl groups is 1. The highest BCUT2D eigenvalue weighted by molar-refractivity contribution is 5.45. The van der Waals surface area contributed by atoms with E-state index in [-0.39, 0.29) is 12.5 Å². The zero-order chi connectivity index (χ0) is 15.2. The van der Waals surface area contributed by atoms with Crippen molar-refractivity contribution in [2.75, 3.05) is 20.8 Å². The molecule has 0 aliphatic carbocycles. The summed E-state index contributed by atoms with van der Waals surface area (Å²) in [6.45, 7) is 4.12. The van der Waals surface area contributed by atoms with Gasteiger partial charge in [-0.15, -0.1) is 0 Å². The van der Waals surface area contributed by atoms with E-state index >= 15 is 0 Å². The van der Waals surface area contributed by atoms with Gasteiger partial charge in [0.15, 0.2) is 0 Å². The SMILES string of the molecule is COc1cc(OC)cc(C(C#N)(CCCO)C(C)C)c1. The third-order valence-corrected chi connectivity index (χ3v) is 3.78. The fourth-order valence-corrected chi connectivity index (χ4v) is 2.44. The molecule has 1 N–H and O–H groups in total. The molecule has 0 aliphatic heterocycles. The Morgan fingerprint density at radius 3 is 2.10 bits per heavy atom. The maximum atomic E-state index is 9.74. The predicted octanol–water partition coefficient (Wildman–Crippen LogP) is 2.89. The van der Waals surface area contributed by atoms with E-state index < -0.39 is 5.41 Å². The van der Waals surface area contributed by atoms with Gasteiger partial charge in [-0.25, -0.2) is 0 Å². The standard InChI is InChI=1S/C16H23NO3/c1-12(2)16(11-17,6-5-7-18)13-8-14(19-3)10-15(9-13)20-4/h8-10,12,18H,5-7H2,1-4H3. The Morgan fingerprint density at radius 2 is 1.75 bits per heavy atom. The molecule has 0 aromatic heterocycles. The summed E-state index contributed by atoms with van der Waals surface area (Å²) in [5.74, 6) is 1.46. The summed E-state index contributed by atoms with van der Waals surface area (Å²) in [5, 5.41) is 18.8. The van der Waals surface area contributed by atoms with E-state index in [0.717, 1.165) is 5.56 Å². The van der Waals surface area contributed by atoms with Gasteiger partial charge in [-0.2, -0.15) is 5.26 Å². The van der Waals surface area contributed by atoms with Gasteiger partial charge >= 0.3 is 0 Å². The van der Waals surface area contributed by atoms with E-state index in [1.165, 1.54) is 0 Å². The summed E-state index contributed by atoms with van der Waals surface area (Å²) in [7, 11) is 3.19. The van der Waals surface area contributed by atoms with Crippen molar-refractivity contribution >= 4 is 0 Å². The van der Waals surface area contributed by atoms with Gasteiger partial charge in [0.25, 0.3) is 0 Å². The molecule has 1 unspecified atom stereocenters. The van der Waals surface area contributed by atoms with Crippen LogP contribution in [0.3, 0.4) is 0 Å². The third kappa shape index (κ3) is 3.23. The van der Waals surface area contributed by atoms with Gasteiger partial charge in [0, 0.05) is 12.7 Å². The Kier molecular flexibility index (Phi) is 5.84. The number of rotatable bonds is 7. The van der Waals surface area contributed by atoms with E-state index in [2.05, 4.69) is 6.07 Å². The van der Waals surface area contributed by atoms with Gasteiger partial charge in [0.2, 0.25) is 0 Å². The maximum Gasteiger partial charge on any atom is 0.122 e. The number of ether oxygens (including phenoxy) is 2. The van der Waals surface area contributed by atoms with Crippen molar-refractivity contribution in [3.63, 3.8) is 0 Å². The van der Waals surface area contributed by atoms with Gasteiger partial charge in [0.1, 0.15) is 11.5 Å². The minimum Gasteiger partial charge on any atom is -0.497 e. The number of benzene rings is 1. The van der Waals surface area contributed by atoms with Crippen LogP contribution in [0, 0.1) is 17.2 Å². The Morgan fingerprint density at radius 1 is 1.20 bits per heavy atom. The Hall–Kier alpha value is -1.73. The first kappa shape index (κ1) is 16.3. The molecule has 0 saturated heterocycles. The molecule has 20 heavy (non-hydrogen) atoms. The van der Waals surface area contributed by atoms with Crippen LogP contribution in [0.1, 0.15) is 32.3 Å². The molecule has 4 heteroatoms. The highest BCUT2D eigenvalue weighted by Crippen LogP contribution is 2.39. The van der Waals surface area contributed by atoms with Crippen molar-refractivity contribution < 1.29 is 14.6 Å². The molecule has 0 amide bonds. The van der Waals surface area contributed by atoms with Gasteiger partial charge in [0.05, 0.1) is 25.7 Å². The zero-order valence-corrected chi connectivity index (χ0v) is 12.6. The van der Waals surface area contributed by atoms with E-state index in [4.69, 9.17) is 14.6 Å². The van der Waals surface area contributed by atoms with E-state index in [1.54, 1.807) is 20.3 Å². The second kappa shape index (κ2) is 7.16. The van der Waals surface area contributed by atoms with Gasteiger partial charge in [-0.05, 0) is 36.5 Å². The average Bonchev–Trinajstić information content (AvgIpc) is 2.47. The van der Waals surface area contributed by atoms with Crippen LogP contribution in [0.5, 0.6) is 11.5 Å². The molecule has 4 nitrogen and oxygen atoms in total. The highest BCUT2D eigenvalue weighted by atomic mass is 16.5. The molecule has 1 rings (SSSR count).